The van der Waals surface area contributed by atoms with E-state index >= 15 is 0 Å². The Bertz CT molecular complexity index is 1270. The minimum Gasteiger partial charge on any atom is -0.388 e. The quantitative estimate of drug-likeness (QED) is 0.405. The predicted octanol–water partition coefficient (Wildman–Crippen LogP) is 4.30. The largest absolute Gasteiger partial charge is 0.411 e. The Labute approximate surface area is 207 Å². The highest BCUT2D eigenvalue weighted by Gasteiger charge is 2.31. The summed E-state index contributed by atoms with van der Waals surface area (Å²) in [5.41, 5.74) is 7.69. The number of fused-ring (bicyclic) bond motifs is 1. The van der Waals surface area contributed by atoms with Gasteiger partial charge in [0.1, 0.15) is 11.2 Å². The maximum Gasteiger partial charge on any atom is 0.411 e. The number of nitrogens with one attached hydrogen (secondary N) is 1. The number of nitrogens with zero attached hydrogens (tertiary/aromatic N) is 5. The van der Waals surface area contributed by atoms with Crippen molar-refractivity contribution in [2.45, 2.75) is 51.1 Å². The number of anilines is 1. The molecule has 2 aromatic heterocycles. The summed E-state index contributed by atoms with van der Waals surface area (Å²) in [5, 5.41) is 8.75. The number of hydrogen-bond donors (Lipinski definition) is 2. The van der Waals surface area contributed by atoms with Crippen LogP contribution in [-0.4, -0.2) is 57.3 Å². The second-order valence-corrected chi connectivity index (χ2v) is 9.46. The molecule has 10 nitrogen and oxygen atoms in total. The molecule has 1 aromatic carbocycles. The molecule has 5 rings (SSSR count). The summed E-state index contributed by atoms with van der Waals surface area (Å²) >= 11 is 6.34. The van der Waals surface area contributed by atoms with Crippen molar-refractivity contribution in [3.8, 4) is 11.3 Å². The number of hydrogen-bond acceptors (Lipinski definition) is 8. The third kappa shape index (κ3) is 4.68. The zero-order valence-electron chi connectivity index (χ0n) is 19.5. The summed E-state index contributed by atoms with van der Waals surface area (Å²) in [6.45, 7) is 4.07. The van der Waals surface area contributed by atoms with E-state index in [2.05, 4.69) is 26.4 Å². The van der Waals surface area contributed by atoms with Crippen molar-refractivity contribution >= 4 is 40.7 Å². The van der Waals surface area contributed by atoms with E-state index in [1.165, 1.54) is 6.42 Å². The molecule has 0 unspecified atom stereocenters. The molecule has 11 heteroatoms. The lowest BCUT2D eigenvalue weighted by atomic mass is 9.95. The summed E-state index contributed by atoms with van der Waals surface area (Å²) in [4.78, 5) is 27.7. The van der Waals surface area contributed by atoms with Crippen LogP contribution >= 0.6 is 11.6 Å². The van der Waals surface area contributed by atoms with Crippen molar-refractivity contribution in [2.24, 2.45) is 5.73 Å². The number of halogens is 1. The Morgan fingerprint density at radius 3 is 2.74 bits per heavy atom. The number of primary amides is 1. The number of morpholine rings is 1. The van der Waals surface area contributed by atoms with Gasteiger partial charge in [0.25, 0.3) is 5.90 Å². The molecule has 3 heterocycles. The molecule has 35 heavy (non-hydrogen) atoms. The third-order valence-electron chi connectivity index (χ3n) is 6.60. The molecule has 0 spiro atoms. The lowest BCUT2D eigenvalue weighted by Crippen LogP contribution is -2.45. The van der Waals surface area contributed by atoms with Crippen LogP contribution in [0.25, 0.3) is 22.4 Å². The van der Waals surface area contributed by atoms with Gasteiger partial charge in [-0.25, -0.2) is 14.8 Å². The monoisotopic (exact) mass is 497 g/mol. The number of aromatic nitrogens is 4. The lowest BCUT2D eigenvalue weighted by molar-refractivity contribution is 0.0974. The van der Waals surface area contributed by atoms with Gasteiger partial charge in [-0.3, -0.25) is 5.41 Å². The van der Waals surface area contributed by atoms with Crippen LogP contribution in [0.3, 0.4) is 0 Å². The molecule has 1 aliphatic heterocycles. The van der Waals surface area contributed by atoms with E-state index < -0.39 is 12.0 Å². The summed E-state index contributed by atoms with van der Waals surface area (Å²) in [7, 11) is 0. The van der Waals surface area contributed by atoms with Gasteiger partial charge in [0.2, 0.25) is 11.8 Å². The second kappa shape index (κ2) is 9.79. The molecule has 1 amide bonds. The smallest absolute Gasteiger partial charge is 0.388 e. The van der Waals surface area contributed by atoms with E-state index in [1.54, 1.807) is 6.07 Å². The number of benzene rings is 1. The van der Waals surface area contributed by atoms with Crippen molar-refractivity contribution in [3.63, 3.8) is 0 Å². The second-order valence-electron chi connectivity index (χ2n) is 9.02. The highest BCUT2D eigenvalue weighted by atomic mass is 35.5. The number of rotatable bonds is 4. The van der Waals surface area contributed by atoms with Crippen LogP contribution in [-0.2, 0) is 9.47 Å². The molecule has 2 fully saturated rings. The van der Waals surface area contributed by atoms with Crippen LogP contribution < -0.4 is 10.6 Å². The van der Waals surface area contributed by atoms with E-state index in [-0.39, 0.29) is 17.9 Å². The van der Waals surface area contributed by atoms with Crippen LogP contribution in [0.2, 0.25) is 5.02 Å². The average molecular weight is 498 g/mol. The van der Waals surface area contributed by atoms with Gasteiger partial charge in [-0.05, 0) is 31.9 Å². The number of carbonyl (C=O) groups excluding carboxylic acids is 1. The van der Waals surface area contributed by atoms with Gasteiger partial charge in [-0.2, -0.15) is 4.98 Å². The molecule has 2 aliphatic rings. The number of amides is 1. The first-order chi connectivity index (χ1) is 16.9. The van der Waals surface area contributed by atoms with Crippen molar-refractivity contribution in [3.05, 3.63) is 35.1 Å². The Hall–Kier alpha value is -3.24. The first kappa shape index (κ1) is 23.5. The van der Waals surface area contributed by atoms with E-state index in [0.29, 0.717) is 36.1 Å². The summed E-state index contributed by atoms with van der Waals surface area (Å²) in [6.07, 6.45) is 4.48. The van der Waals surface area contributed by atoms with Crippen molar-refractivity contribution in [1.29, 1.82) is 5.41 Å². The summed E-state index contributed by atoms with van der Waals surface area (Å²) in [6, 6.07) is 7.76. The van der Waals surface area contributed by atoms with Gasteiger partial charge >= 0.3 is 6.09 Å². The Morgan fingerprint density at radius 1 is 1.23 bits per heavy atom. The topological polar surface area (TPSA) is 132 Å². The van der Waals surface area contributed by atoms with Crippen LogP contribution in [0.4, 0.5) is 10.7 Å². The first-order valence-electron chi connectivity index (χ1n) is 11.9. The third-order valence-corrected chi connectivity index (χ3v) is 6.83. The minimum atomic E-state index is -1.10. The van der Waals surface area contributed by atoms with E-state index in [0.717, 1.165) is 42.7 Å². The normalized spacial score (nSPS) is 19.1. The molecule has 1 saturated carbocycles. The molecular weight excluding hydrogens is 470 g/mol. The summed E-state index contributed by atoms with van der Waals surface area (Å²) in [5.74, 6) is 0.220. The van der Waals surface area contributed by atoms with Crippen molar-refractivity contribution in [1.82, 2.24) is 19.5 Å². The fourth-order valence-corrected chi connectivity index (χ4v) is 5.18. The van der Waals surface area contributed by atoms with Gasteiger partial charge in [0.15, 0.2) is 5.65 Å². The number of carbonyl (C=O) groups is 1. The Kier molecular flexibility index (Phi) is 6.57. The highest BCUT2D eigenvalue weighted by Crippen LogP contribution is 2.39. The van der Waals surface area contributed by atoms with Crippen molar-refractivity contribution < 1.29 is 14.3 Å². The molecule has 1 saturated heterocycles. The molecule has 184 valence electrons. The fraction of sp³-hybridized carbons (Fsp3) is 0.458. The molecule has 1 aliphatic carbocycles. The average Bonchev–Trinajstić information content (AvgIpc) is 3.23. The van der Waals surface area contributed by atoms with E-state index in [9.17, 15) is 4.79 Å². The van der Waals surface area contributed by atoms with Gasteiger partial charge < -0.3 is 24.7 Å². The van der Waals surface area contributed by atoms with Crippen molar-refractivity contribution in [2.75, 3.05) is 24.7 Å². The Morgan fingerprint density at radius 2 is 2.03 bits per heavy atom. The van der Waals surface area contributed by atoms with Crippen LogP contribution in [0.15, 0.2) is 24.3 Å². The molecule has 3 aromatic rings. The fourth-order valence-electron chi connectivity index (χ4n) is 4.99. The minimum absolute atomic E-state index is 0.0684. The maximum atomic E-state index is 11.3. The van der Waals surface area contributed by atoms with Gasteiger partial charge in [0.05, 0.1) is 19.3 Å². The van der Waals surface area contributed by atoms with Gasteiger partial charge in [-0.1, -0.05) is 43.0 Å². The predicted molar refractivity (Wildman–Crippen MR) is 133 cm³/mol. The molecule has 1 atom stereocenters. The van der Waals surface area contributed by atoms with Gasteiger partial charge in [-0.15, -0.1) is 0 Å². The molecule has 0 radical (unpaired) electrons. The number of nitrogens with two attached hydrogens (primary N) is 1. The standard InChI is InChI=1S/C24H28ClN7O3/c1-14-13-34-11-10-31(14)24-30-21-19(32(24)17-8-3-2-4-9-17)18(15-6-5-7-16(25)12-15)28-22(29-21)20(26)35-23(27)33/h5-7,12,14,17,26H,2-4,8-11,13H2,1H3,(H2,27,33)/t14-/m1/s1. The van der Waals surface area contributed by atoms with Crippen LogP contribution in [0.1, 0.15) is 50.9 Å². The zero-order chi connectivity index (χ0) is 24.5. The number of ether oxygens (including phenoxy) is 2. The molecule has 3 N–H and O–H groups in total. The lowest BCUT2D eigenvalue weighted by Gasteiger charge is -2.36. The summed E-state index contributed by atoms with van der Waals surface area (Å²) < 4.78 is 12.7. The maximum absolute atomic E-state index is 11.3. The van der Waals surface area contributed by atoms with E-state index in [1.807, 2.05) is 18.2 Å². The zero-order valence-corrected chi connectivity index (χ0v) is 20.3. The first-order valence-corrected chi connectivity index (χ1v) is 12.3. The van der Waals surface area contributed by atoms with Crippen LogP contribution in [0, 0.1) is 5.41 Å². The SMILES string of the molecule is C[C@@H]1COCCN1c1nc2nc(C(=N)OC(N)=O)nc(-c3cccc(Cl)c3)c2n1C1CCCCC1. The number of imidazole rings is 1. The molecule has 0 bridgehead atoms. The van der Waals surface area contributed by atoms with Gasteiger partial charge in [0, 0.05) is 23.2 Å². The van der Waals surface area contributed by atoms with Crippen LogP contribution in [0.5, 0.6) is 0 Å². The molecular formula is C24H28ClN7O3. The highest BCUT2D eigenvalue weighted by molar-refractivity contribution is 6.30. The van der Waals surface area contributed by atoms with E-state index in [4.69, 9.17) is 37.2 Å². The Balaban J connectivity index is 1.78.